The first-order chi connectivity index (χ1) is 13.5. The summed E-state index contributed by atoms with van der Waals surface area (Å²) in [4.78, 5) is 8.28. The van der Waals surface area contributed by atoms with Gasteiger partial charge < -0.3 is 25.3 Å². The molecule has 0 aromatic carbocycles. The molecule has 2 heterocycles. The molecule has 6 nitrogen and oxygen atoms in total. The maximum atomic E-state index is 4.89. The largest absolute Gasteiger partial charge is 2.00 e. The molecule has 11 heteroatoms. The number of pyridine rings is 2. The average Bonchev–Trinajstić information content (AvgIpc) is 2.76. The van der Waals surface area contributed by atoms with Crippen LogP contribution < -0.4 is 0 Å². The molecule has 2 rings (SSSR count). The third kappa shape index (κ3) is 12.0. The van der Waals surface area contributed by atoms with E-state index in [1.807, 2.05) is 62.8 Å². The molecule has 0 unspecified atom stereocenters. The molecule has 0 fully saturated rings. The molecule has 0 bridgehead atoms. The van der Waals surface area contributed by atoms with Gasteiger partial charge in [0.25, 0.3) is 0 Å². The van der Waals surface area contributed by atoms with Crippen LogP contribution in [0.1, 0.15) is 25.2 Å². The van der Waals surface area contributed by atoms with Gasteiger partial charge in [0.05, 0.1) is 22.8 Å². The van der Waals surface area contributed by atoms with E-state index in [0.717, 1.165) is 22.8 Å². The van der Waals surface area contributed by atoms with Crippen molar-refractivity contribution in [3.8, 4) is 0 Å². The van der Waals surface area contributed by atoms with Crippen molar-refractivity contribution >= 4 is 69.0 Å². The standard InChI is InChI=1S/2C9H11N3S2.Ni/c2*1-7(11-12-9(13)14-2)8-5-3-4-6-10-8;/h2*3-6H,1-2H3,(H,12,13);/q;;+2/p-2/b2*11-7+;. The second-order valence-electron chi connectivity index (χ2n) is 4.94. The number of aromatic nitrogens is 2. The maximum Gasteiger partial charge on any atom is 2.00 e. The Morgan fingerprint density at radius 1 is 0.724 bits per heavy atom. The summed E-state index contributed by atoms with van der Waals surface area (Å²) in [5, 5.41) is 15.7. The summed E-state index contributed by atoms with van der Waals surface area (Å²) < 4.78 is 1.06. The van der Waals surface area contributed by atoms with Crippen molar-refractivity contribution in [1.82, 2.24) is 9.97 Å². The van der Waals surface area contributed by atoms with Gasteiger partial charge in [-0.15, -0.1) is 23.5 Å². The quantitative estimate of drug-likeness (QED) is 0.204. The Labute approximate surface area is 201 Å². The smallest absolute Gasteiger partial charge is 0.752 e. The molecule has 29 heavy (non-hydrogen) atoms. The Morgan fingerprint density at radius 3 is 1.38 bits per heavy atom. The molecule has 156 valence electrons. The van der Waals surface area contributed by atoms with Gasteiger partial charge in [0.2, 0.25) is 0 Å². The Bertz CT molecular complexity index is 770. The Kier molecular flexibility index (Phi) is 15.6. The topological polar surface area (TPSA) is 75.2 Å². The molecule has 0 aliphatic rings. The van der Waals surface area contributed by atoms with Gasteiger partial charge in [-0.05, 0) is 59.4 Å². The molecular weight excluding hydrogens is 487 g/mol. The summed E-state index contributed by atoms with van der Waals surface area (Å²) in [5.41, 5.74) is 3.17. The number of rotatable bonds is 4. The first-order valence-electron chi connectivity index (χ1n) is 7.97. The first kappa shape index (κ1) is 27.6. The summed E-state index contributed by atoms with van der Waals surface area (Å²) in [7, 11) is 0. The molecule has 0 spiro atoms. The number of nitrogens with zero attached hydrogens (tertiary/aromatic N) is 6. The predicted molar refractivity (Wildman–Crippen MR) is 130 cm³/mol. The fourth-order valence-corrected chi connectivity index (χ4v) is 1.90. The molecule has 2 aromatic heterocycles. The van der Waals surface area contributed by atoms with Crippen molar-refractivity contribution in [2.24, 2.45) is 20.4 Å². The van der Waals surface area contributed by atoms with Gasteiger partial charge in [-0.25, -0.2) is 0 Å². The molecule has 0 aliphatic heterocycles. The maximum absolute atomic E-state index is 4.89. The molecular formula is C18H20N6NiS4. The molecule has 0 aliphatic carbocycles. The third-order valence-electron chi connectivity index (χ3n) is 2.98. The average molecular weight is 507 g/mol. The molecule has 2 aromatic rings. The Balaban J connectivity index is 0.000000523. The zero-order valence-electron chi connectivity index (χ0n) is 16.3. The van der Waals surface area contributed by atoms with E-state index in [9.17, 15) is 0 Å². The van der Waals surface area contributed by atoms with Crippen LogP contribution in [0.25, 0.3) is 0 Å². The van der Waals surface area contributed by atoms with Crippen molar-refractivity contribution < 1.29 is 16.5 Å². The fraction of sp³-hybridized carbons (Fsp3) is 0.222. The molecule has 0 saturated carbocycles. The van der Waals surface area contributed by atoms with Crippen LogP contribution in [0, 0.1) is 0 Å². The zero-order valence-corrected chi connectivity index (χ0v) is 20.5. The van der Waals surface area contributed by atoms with Gasteiger partial charge in [-0.2, -0.15) is 20.4 Å². The van der Waals surface area contributed by atoms with Crippen molar-refractivity contribution in [3.05, 3.63) is 60.2 Å². The Hall–Kier alpha value is -1.39. The van der Waals surface area contributed by atoms with E-state index in [2.05, 4.69) is 30.4 Å². The van der Waals surface area contributed by atoms with Gasteiger partial charge in [0, 0.05) is 12.4 Å². The number of thioether (sulfide) groups is 2. The minimum atomic E-state index is 0. The van der Waals surface area contributed by atoms with Crippen LogP contribution in [-0.4, -0.2) is 42.7 Å². The molecule has 0 amide bonds. The summed E-state index contributed by atoms with van der Waals surface area (Å²) in [5.74, 6) is 0. The number of hydrogen-bond donors (Lipinski definition) is 0. The third-order valence-corrected chi connectivity index (χ3v) is 5.01. The van der Waals surface area contributed by atoms with E-state index in [1.54, 1.807) is 12.4 Å². The monoisotopic (exact) mass is 506 g/mol. The van der Waals surface area contributed by atoms with Crippen molar-refractivity contribution in [2.75, 3.05) is 12.5 Å². The van der Waals surface area contributed by atoms with Crippen molar-refractivity contribution in [2.45, 2.75) is 13.8 Å². The van der Waals surface area contributed by atoms with Crippen LogP contribution in [0.2, 0.25) is 0 Å². The van der Waals surface area contributed by atoms with Crippen LogP contribution in [0.5, 0.6) is 0 Å². The summed E-state index contributed by atoms with van der Waals surface area (Å²) in [6.07, 6.45) is 7.19. The van der Waals surface area contributed by atoms with E-state index < -0.39 is 0 Å². The van der Waals surface area contributed by atoms with Crippen LogP contribution in [0.3, 0.4) is 0 Å². The van der Waals surface area contributed by atoms with Crippen LogP contribution in [-0.2, 0) is 41.7 Å². The normalized spacial score (nSPS) is 12.6. The van der Waals surface area contributed by atoms with Gasteiger partial charge >= 0.3 is 16.5 Å². The molecule has 0 N–H and O–H groups in total. The first-order valence-corrected chi connectivity index (χ1v) is 11.2. The van der Waals surface area contributed by atoms with E-state index in [4.69, 9.17) is 25.3 Å². The second kappa shape index (κ2) is 16.4. The van der Waals surface area contributed by atoms with E-state index in [-0.39, 0.29) is 16.5 Å². The van der Waals surface area contributed by atoms with Crippen LogP contribution in [0.4, 0.5) is 0 Å². The number of hydrogen-bond acceptors (Lipinski definition) is 10. The summed E-state index contributed by atoms with van der Waals surface area (Å²) in [6.45, 7) is 3.71. The molecule has 0 saturated heterocycles. The minimum Gasteiger partial charge on any atom is -0.752 e. The second-order valence-corrected chi connectivity index (χ2v) is 7.82. The SMILES string of the molecule is CS/C([S-])=N/N=C(\C)c1ccccn1.CS/C([S-])=N/N=C(\C)c1ccccn1.[Ni+2]. The molecule has 0 atom stereocenters. The summed E-state index contributed by atoms with van der Waals surface area (Å²) in [6, 6.07) is 11.3. The van der Waals surface area contributed by atoms with Crippen LogP contribution >= 0.6 is 23.5 Å². The van der Waals surface area contributed by atoms with Crippen molar-refractivity contribution in [1.29, 1.82) is 0 Å². The summed E-state index contributed by atoms with van der Waals surface area (Å²) >= 11 is 12.6. The van der Waals surface area contributed by atoms with E-state index >= 15 is 0 Å². The molecule has 0 radical (unpaired) electrons. The van der Waals surface area contributed by atoms with E-state index in [0.29, 0.717) is 8.75 Å². The van der Waals surface area contributed by atoms with E-state index in [1.165, 1.54) is 23.5 Å². The van der Waals surface area contributed by atoms with Gasteiger partial charge in [-0.3, -0.25) is 9.97 Å². The fourth-order valence-electron chi connectivity index (χ4n) is 1.57. The zero-order chi connectivity index (χ0) is 20.8. The van der Waals surface area contributed by atoms with Gasteiger partial charge in [-0.1, -0.05) is 12.1 Å². The Morgan fingerprint density at radius 2 is 1.10 bits per heavy atom. The van der Waals surface area contributed by atoms with Crippen molar-refractivity contribution in [3.63, 3.8) is 0 Å². The van der Waals surface area contributed by atoms with Crippen LogP contribution in [0.15, 0.2) is 69.2 Å². The predicted octanol–water partition coefficient (Wildman–Crippen LogP) is 4.14. The minimum absolute atomic E-state index is 0. The van der Waals surface area contributed by atoms with Gasteiger partial charge in [0.1, 0.15) is 0 Å². The van der Waals surface area contributed by atoms with Gasteiger partial charge in [0.15, 0.2) is 0 Å².